The van der Waals surface area contributed by atoms with Crippen molar-refractivity contribution < 1.29 is 26.9 Å². The summed E-state index contributed by atoms with van der Waals surface area (Å²) in [6.45, 7) is 9.04. The molecule has 2 heterocycles. The number of urea groups is 1. The Labute approximate surface area is 246 Å². The lowest BCUT2D eigenvalue weighted by molar-refractivity contribution is 0.0147. The molecule has 0 spiro atoms. The van der Waals surface area contributed by atoms with Crippen molar-refractivity contribution in [3.05, 3.63) is 46.4 Å². The third-order valence-corrected chi connectivity index (χ3v) is 8.83. The van der Waals surface area contributed by atoms with Crippen molar-refractivity contribution in [1.29, 1.82) is 0 Å². The van der Waals surface area contributed by atoms with Crippen LogP contribution in [0.25, 0.3) is 10.2 Å². The first kappa shape index (κ1) is 30.1. The summed E-state index contributed by atoms with van der Waals surface area (Å²) in [4.78, 5) is 32.5. The maximum absolute atomic E-state index is 12.7. The fraction of sp³-hybridized carbons (Fsp3) is 0.400. The van der Waals surface area contributed by atoms with E-state index >= 15 is 0 Å². The highest BCUT2D eigenvalue weighted by Crippen LogP contribution is 2.34. The molecule has 3 amide bonds. The number of hydrogen-bond acceptors (Lipinski definition) is 9. The van der Waals surface area contributed by atoms with Crippen LogP contribution in [-0.2, 0) is 14.9 Å². The molecule has 0 atom stereocenters. The molecule has 216 valence electrons. The molecule has 0 bridgehead atoms. The third kappa shape index (κ3) is 7.88. The van der Waals surface area contributed by atoms with E-state index in [1.54, 1.807) is 11.0 Å². The second-order valence-corrected chi connectivity index (χ2v) is 13.3. The predicted octanol–water partition coefficient (Wildman–Crippen LogP) is 5.05. The van der Waals surface area contributed by atoms with E-state index in [1.165, 1.54) is 41.7 Å². The molecule has 0 unspecified atom stereocenters. The van der Waals surface area contributed by atoms with Gasteiger partial charge in [0.1, 0.15) is 16.2 Å². The number of fused-ring (bicyclic) bond motifs is 1. The van der Waals surface area contributed by atoms with Crippen LogP contribution in [0.15, 0.2) is 41.3 Å². The van der Waals surface area contributed by atoms with Gasteiger partial charge in [0.05, 0.1) is 20.3 Å². The first-order chi connectivity index (χ1) is 18.8. The van der Waals surface area contributed by atoms with Gasteiger partial charge >= 0.3 is 22.2 Å². The molecule has 2 aromatic carbocycles. The Bertz CT molecular complexity index is 1480. The first-order valence-electron chi connectivity index (χ1n) is 12.3. The van der Waals surface area contributed by atoms with E-state index in [-0.39, 0.29) is 26.8 Å². The molecule has 0 saturated carbocycles. The third-order valence-electron chi connectivity index (χ3n) is 5.69. The number of anilines is 1. The van der Waals surface area contributed by atoms with E-state index < -0.39 is 21.8 Å². The van der Waals surface area contributed by atoms with Gasteiger partial charge in [-0.05, 0) is 45.0 Å². The summed E-state index contributed by atoms with van der Waals surface area (Å²) in [5.41, 5.74) is 0.0287. The quantitative estimate of drug-likeness (QED) is 0.347. The normalized spacial score (nSPS) is 14.7. The van der Waals surface area contributed by atoms with Gasteiger partial charge in [0.15, 0.2) is 5.13 Å². The Hall–Kier alpha value is -2.84. The number of rotatable bonds is 7. The SMILES string of the molecule is CC(C)(C)OC(=O)N1CCN(CCNC(=O)Nc2nc3ccc(OS(=O)(=O)c4c(Cl)cccc4Cl)cc3s2)CC1. The Balaban J connectivity index is 1.26. The zero-order valence-electron chi connectivity index (χ0n) is 22.1. The molecular formula is C25H29Cl2N5O6S2. The molecule has 1 fully saturated rings. The van der Waals surface area contributed by atoms with Crippen LogP contribution in [-0.4, -0.2) is 80.2 Å². The van der Waals surface area contributed by atoms with Gasteiger partial charge < -0.3 is 19.1 Å². The zero-order valence-corrected chi connectivity index (χ0v) is 25.2. The minimum Gasteiger partial charge on any atom is -0.444 e. The van der Waals surface area contributed by atoms with Gasteiger partial charge in [-0.2, -0.15) is 8.42 Å². The number of carbonyl (C=O) groups excluding carboxylic acids is 2. The summed E-state index contributed by atoms with van der Waals surface area (Å²) < 4.78 is 36.8. The molecule has 1 aromatic heterocycles. The van der Waals surface area contributed by atoms with Crippen molar-refractivity contribution in [2.75, 3.05) is 44.6 Å². The van der Waals surface area contributed by atoms with Crippen LogP contribution in [0.2, 0.25) is 10.0 Å². The minimum atomic E-state index is -4.28. The molecule has 3 aromatic rings. The van der Waals surface area contributed by atoms with Crippen molar-refractivity contribution in [1.82, 2.24) is 20.1 Å². The number of piperazine rings is 1. The summed E-state index contributed by atoms with van der Waals surface area (Å²) in [6.07, 6.45) is -0.314. The van der Waals surface area contributed by atoms with Crippen molar-refractivity contribution in [2.45, 2.75) is 31.3 Å². The average molecular weight is 631 g/mol. The lowest BCUT2D eigenvalue weighted by Gasteiger charge is -2.35. The Kier molecular flexibility index (Phi) is 9.30. The first-order valence-corrected chi connectivity index (χ1v) is 15.3. The smallest absolute Gasteiger partial charge is 0.410 e. The van der Waals surface area contributed by atoms with E-state index in [4.69, 9.17) is 32.1 Å². The lowest BCUT2D eigenvalue weighted by atomic mass is 10.2. The van der Waals surface area contributed by atoms with E-state index in [9.17, 15) is 18.0 Å². The van der Waals surface area contributed by atoms with Crippen molar-refractivity contribution >= 4 is 72.1 Å². The topological polar surface area (TPSA) is 130 Å². The van der Waals surface area contributed by atoms with Gasteiger partial charge in [-0.1, -0.05) is 40.6 Å². The highest BCUT2D eigenvalue weighted by Gasteiger charge is 2.26. The Morgan fingerprint density at radius 3 is 2.40 bits per heavy atom. The van der Waals surface area contributed by atoms with Gasteiger partial charge in [0.2, 0.25) is 0 Å². The summed E-state index contributed by atoms with van der Waals surface area (Å²) >= 11 is 13.2. The largest absolute Gasteiger partial charge is 0.444 e. The molecule has 1 aliphatic rings. The molecule has 11 nitrogen and oxygen atoms in total. The lowest BCUT2D eigenvalue weighted by Crippen LogP contribution is -2.51. The summed E-state index contributed by atoms with van der Waals surface area (Å²) in [5, 5.41) is 5.74. The van der Waals surface area contributed by atoms with Crippen LogP contribution in [0.1, 0.15) is 20.8 Å². The van der Waals surface area contributed by atoms with Gasteiger partial charge in [0.25, 0.3) is 0 Å². The molecule has 1 saturated heterocycles. The number of nitrogens with one attached hydrogen (secondary N) is 2. The van der Waals surface area contributed by atoms with Gasteiger partial charge in [-0.3, -0.25) is 10.2 Å². The monoisotopic (exact) mass is 629 g/mol. The molecule has 0 radical (unpaired) electrons. The Morgan fingerprint density at radius 2 is 1.75 bits per heavy atom. The van der Waals surface area contributed by atoms with Crippen LogP contribution < -0.4 is 14.8 Å². The number of carbonyl (C=O) groups is 2. The maximum Gasteiger partial charge on any atom is 0.410 e. The average Bonchev–Trinajstić information content (AvgIpc) is 3.24. The van der Waals surface area contributed by atoms with Crippen LogP contribution in [0, 0.1) is 0 Å². The highest BCUT2D eigenvalue weighted by atomic mass is 35.5. The Morgan fingerprint density at radius 1 is 1.07 bits per heavy atom. The van der Waals surface area contributed by atoms with Crippen LogP contribution in [0.5, 0.6) is 5.75 Å². The molecule has 1 aliphatic heterocycles. The second-order valence-electron chi connectivity index (χ2n) is 9.93. The van der Waals surface area contributed by atoms with Crippen molar-refractivity contribution in [3.63, 3.8) is 0 Å². The molecule has 15 heteroatoms. The number of aromatic nitrogens is 1. The van der Waals surface area contributed by atoms with Crippen LogP contribution in [0.3, 0.4) is 0 Å². The molecule has 2 N–H and O–H groups in total. The standard InChI is InChI=1S/C25H29Cl2N5O6S2/c1-25(2,3)37-24(34)32-13-11-31(12-14-32)10-9-28-22(33)30-23-29-19-8-7-16(15-20(19)39-23)38-40(35,36)21-17(26)5-4-6-18(21)27/h4-8,15H,9-14H2,1-3H3,(H2,28,29,30,33). The van der Waals surface area contributed by atoms with E-state index in [0.717, 1.165) is 0 Å². The van der Waals surface area contributed by atoms with Gasteiger partial charge in [-0.15, -0.1) is 0 Å². The summed E-state index contributed by atoms with van der Waals surface area (Å²) in [7, 11) is -4.28. The van der Waals surface area contributed by atoms with Gasteiger partial charge in [0, 0.05) is 45.3 Å². The fourth-order valence-electron chi connectivity index (χ4n) is 3.85. The minimum absolute atomic E-state index is 0.0491. The van der Waals surface area contributed by atoms with Crippen LogP contribution in [0.4, 0.5) is 14.7 Å². The fourth-order valence-corrected chi connectivity index (χ4v) is 6.76. The van der Waals surface area contributed by atoms with Crippen molar-refractivity contribution in [3.8, 4) is 5.75 Å². The molecule has 4 rings (SSSR count). The highest BCUT2D eigenvalue weighted by molar-refractivity contribution is 7.87. The summed E-state index contributed by atoms with van der Waals surface area (Å²) in [6, 6.07) is 8.49. The van der Waals surface area contributed by atoms with E-state index in [2.05, 4.69) is 20.5 Å². The number of thiazole rings is 1. The van der Waals surface area contributed by atoms with E-state index in [0.29, 0.717) is 54.6 Å². The van der Waals surface area contributed by atoms with Crippen LogP contribution >= 0.6 is 34.5 Å². The predicted molar refractivity (Wildman–Crippen MR) is 155 cm³/mol. The maximum atomic E-state index is 12.7. The molecule has 0 aliphatic carbocycles. The van der Waals surface area contributed by atoms with E-state index in [1.807, 2.05) is 20.8 Å². The molecule has 40 heavy (non-hydrogen) atoms. The van der Waals surface area contributed by atoms with Crippen molar-refractivity contribution in [2.24, 2.45) is 0 Å². The second kappa shape index (κ2) is 12.4. The molecular weight excluding hydrogens is 601 g/mol. The van der Waals surface area contributed by atoms with Gasteiger partial charge in [-0.25, -0.2) is 14.6 Å². The number of hydrogen-bond donors (Lipinski definition) is 2. The number of ether oxygens (including phenoxy) is 1. The number of nitrogens with zero attached hydrogens (tertiary/aromatic N) is 3. The number of halogens is 2. The zero-order chi connectivity index (χ0) is 29.1. The number of amides is 3. The number of benzene rings is 2. The summed E-state index contributed by atoms with van der Waals surface area (Å²) in [5.74, 6) is 0.0508.